The zero-order chi connectivity index (χ0) is 29.9. The number of nitrogen functional groups attached to an aromatic ring is 1. The maximum atomic E-state index is 12.9. The van der Waals surface area contributed by atoms with Crippen molar-refractivity contribution in [2.24, 2.45) is 5.92 Å². The van der Waals surface area contributed by atoms with Crippen molar-refractivity contribution in [3.05, 3.63) is 23.8 Å². The molecule has 0 bridgehead atoms. The van der Waals surface area contributed by atoms with Gasteiger partial charge in [-0.3, -0.25) is 0 Å². The van der Waals surface area contributed by atoms with Gasteiger partial charge in [-0.25, -0.2) is 9.59 Å². The minimum atomic E-state index is -1.98. The van der Waals surface area contributed by atoms with Crippen LogP contribution in [-0.2, 0) is 28.5 Å². The van der Waals surface area contributed by atoms with Crippen LogP contribution in [0.5, 0.6) is 5.75 Å². The van der Waals surface area contributed by atoms with E-state index < -0.39 is 97.9 Å². The summed E-state index contributed by atoms with van der Waals surface area (Å²) >= 11 is 0. The van der Waals surface area contributed by atoms with Crippen LogP contribution in [0.4, 0.5) is 5.69 Å². The van der Waals surface area contributed by atoms with Gasteiger partial charge in [0.2, 0.25) is 0 Å². The van der Waals surface area contributed by atoms with Crippen molar-refractivity contribution in [1.82, 2.24) is 5.32 Å². The van der Waals surface area contributed by atoms with Gasteiger partial charge in [0.15, 0.2) is 18.7 Å². The van der Waals surface area contributed by atoms with Gasteiger partial charge in [0.25, 0.3) is 5.79 Å². The molecule has 0 aliphatic carbocycles. The largest absolute Gasteiger partial charge is 0.507 e. The summed E-state index contributed by atoms with van der Waals surface area (Å²) in [6, 6.07) is 2.81. The first-order valence-electron chi connectivity index (χ1n) is 12.4. The average Bonchev–Trinajstić information content (AvgIpc) is 2.88. The Bertz CT molecular complexity index is 1040. The van der Waals surface area contributed by atoms with Crippen LogP contribution >= 0.6 is 0 Å². The molecule has 3 rings (SSSR count). The zero-order valence-electron chi connectivity index (χ0n) is 22.0. The molecule has 1 aromatic rings. The van der Waals surface area contributed by atoms with Gasteiger partial charge >= 0.3 is 11.9 Å². The lowest BCUT2D eigenvalue weighted by atomic mass is 9.88. The fourth-order valence-electron chi connectivity index (χ4n) is 4.46. The molecule has 0 saturated carbocycles. The highest BCUT2D eigenvalue weighted by atomic mass is 16.8. The molecule has 2 fully saturated rings. The Hall–Kier alpha value is -2.64. The second-order valence-corrected chi connectivity index (χ2v) is 9.93. The second kappa shape index (κ2) is 12.9. The molecule has 0 amide bonds. The molecule has 2 aliphatic heterocycles. The van der Waals surface area contributed by atoms with Crippen LogP contribution < -0.4 is 11.1 Å². The van der Waals surface area contributed by atoms with Crippen molar-refractivity contribution in [2.75, 3.05) is 26.0 Å². The Morgan fingerprint density at radius 2 is 1.70 bits per heavy atom. The molecular formula is C24H36N2O14. The fourth-order valence-corrected chi connectivity index (χ4v) is 4.46. The monoisotopic (exact) mass is 576 g/mol. The van der Waals surface area contributed by atoms with Crippen molar-refractivity contribution in [3.8, 4) is 5.75 Å². The predicted molar refractivity (Wildman–Crippen MR) is 131 cm³/mol. The topological polar surface area (TPSA) is 260 Å². The van der Waals surface area contributed by atoms with E-state index in [0.717, 1.165) is 6.07 Å². The summed E-state index contributed by atoms with van der Waals surface area (Å²) in [6.07, 6.45) is -13.3. The number of benzene rings is 1. The second-order valence-electron chi connectivity index (χ2n) is 9.93. The van der Waals surface area contributed by atoms with Gasteiger partial charge in [-0.15, -0.1) is 0 Å². The maximum absolute atomic E-state index is 12.9. The highest BCUT2D eigenvalue weighted by Crippen LogP contribution is 2.30. The van der Waals surface area contributed by atoms with Crippen LogP contribution in [0.2, 0.25) is 0 Å². The molecule has 1 aromatic carbocycles. The number of nitrogens with two attached hydrogens (primary N) is 1. The van der Waals surface area contributed by atoms with E-state index >= 15 is 0 Å². The number of hydrogen-bond donors (Lipinski definition) is 9. The van der Waals surface area contributed by atoms with Gasteiger partial charge in [-0.05, 0) is 25.2 Å². The van der Waals surface area contributed by atoms with E-state index in [4.69, 9.17) is 29.4 Å². The third kappa shape index (κ3) is 6.98. The van der Waals surface area contributed by atoms with E-state index in [1.807, 2.05) is 0 Å². The van der Waals surface area contributed by atoms with Crippen molar-refractivity contribution in [2.45, 2.75) is 74.9 Å². The minimum Gasteiger partial charge on any atom is -0.507 e. The van der Waals surface area contributed by atoms with Gasteiger partial charge in [-0.1, -0.05) is 0 Å². The lowest BCUT2D eigenvalue weighted by Crippen LogP contribution is -2.63. The Labute approximate surface area is 228 Å². The van der Waals surface area contributed by atoms with Crippen molar-refractivity contribution >= 4 is 17.6 Å². The van der Waals surface area contributed by atoms with Crippen LogP contribution in [0, 0.1) is 5.92 Å². The number of rotatable bonds is 9. The first-order valence-corrected chi connectivity index (χ1v) is 12.4. The molecule has 16 heteroatoms. The molecule has 0 radical (unpaired) electrons. The first kappa shape index (κ1) is 31.9. The fraction of sp³-hybridized carbons (Fsp3) is 0.667. The molecule has 2 saturated heterocycles. The third-order valence-corrected chi connectivity index (χ3v) is 6.60. The number of anilines is 1. The molecule has 10 N–H and O–H groups in total. The number of aromatic hydroxyl groups is 1. The average molecular weight is 577 g/mol. The Balaban J connectivity index is 1.68. The van der Waals surface area contributed by atoms with Crippen LogP contribution in [-0.4, -0.2) is 129 Å². The Morgan fingerprint density at radius 3 is 2.33 bits per heavy atom. The summed E-state index contributed by atoms with van der Waals surface area (Å²) in [6.45, 7) is 1.36. The van der Waals surface area contributed by atoms with Gasteiger partial charge < -0.3 is 70.5 Å². The van der Waals surface area contributed by atoms with Crippen molar-refractivity contribution in [3.63, 3.8) is 0 Å². The molecule has 2 aliphatic rings. The van der Waals surface area contributed by atoms with Crippen molar-refractivity contribution in [1.29, 1.82) is 0 Å². The summed E-state index contributed by atoms with van der Waals surface area (Å²) in [7, 11) is 1.48. The summed E-state index contributed by atoms with van der Waals surface area (Å²) in [5.74, 6) is -5.68. The molecule has 226 valence electrons. The highest BCUT2D eigenvalue weighted by Gasteiger charge is 2.50. The van der Waals surface area contributed by atoms with Gasteiger partial charge in [-0.2, -0.15) is 0 Å². The quantitative estimate of drug-likeness (QED) is 0.0598. The van der Waals surface area contributed by atoms with Crippen LogP contribution in [0.1, 0.15) is 24.2 Å². The number of likely N-dealkylation sites (N-methyl/N-ethyl adjacent to an activating group) is 1. The molecule has 0 aromatic heterocycles. The summed E-state index contributed by atoms with van der Waals surface area (Å²) < 4.78 is 26.4. The predicted octanol–water partition coefficient (Wildman–Crippen LogP) is -3.49. The van der Waals surface area contributed by atoms with E-state index in [-0.39, 0.29) is 11.3 Å². The first-order chi connectivity index (χ1) is 18.7. The molecular weight excluding hydrogens is 540 g/mol. The number of esters is 2. The van der Waals surface area contributed by atoms with Gasteiger partial charge in [0.05, 0.1) is 25.4 Å². The summed E-state index contributed by atoms with van der Waals surface area (Å²) in [5, 5.41) is 73.9. The third-order valence-electron chi connectivity index (χ3n) is 6.60. The number of phenolic OH excluding ortho intramolecular Hbond substituents is 1. The number of phenols is 1. The van der Waals surface area contributed by atoms with E-state index in [1.54, 1.807) is 0 Å². The standard InChI is InChI=1S/C24H36N2O14/c1-24(2,39-20(33)10-6-9(25)4-5-12(10)28)40-22(35)19-17(31)16(30)18(32)23(38-19)36-8-11-14(26-3)21(34)37-13(7-27)15(11)29/h4-6,11,13-19,21,23,26-32,34H,7-8,25H2,1-3H3/t11-,13?,14?,15+,16+,17-,18?,19?,21+,23+/m0/s1. The van der Waals surface area contributed by atoms with Crippen LogP contribution in [0.25, 0.3) is 0 Å². The lowest BCUT2D eigenvalue weighted by Gasteiger charge is -2.44. The van der Waals surface area contributed by atoms with E-state index in [2.05, 4.69) is 5.32 Å². The molecule has 0 spiro atoms. The summed E-state index contributed by atoms with van der Waals surface area (Å²) in [5.41, 5.74) is 5.49. The maximum Gasteiger partial charge on any atom is 0.345 e. The zero-order valence-corrected chi connectivity index (χ0v) is 22.0. The minimum absolute atomic E-state index is 0.160. The Kier molecular flexibility index (Phi) is 10.3. The number of carbonyl (C=O) groups is 2. The molecule has 2 heterocycles. The van der Waals surface area contributed by atoms with E-state index in [9.17, 15) is 45.3 Å². The smallest absolute Gasteiger partial charge is 0.345 e. The van der Waals surface area contributed by atoms with Crippen LogP contribution in [0.15, 0.2) is 18.2 Å². The normalized spacial score (nSPS) is 34.7. The number of ether oxygens (including phenoxy) is 5. The van der Waals surface area contributed by atoms with Crippen LogP contribution in [0.3, 0.4) is 0 Å². The SMILES string of the molecule is CNC1[C@H](O)OC(CO)[C@H](O)[C@H]1CO[C@@H]1OC(C(=O)OC(C)(C)OC(=O)c2cc(N)ccc2O)[C@@H](O)[C@@H](O)C1O. The molecule has 10 atom stereocenters. The Morgan fingerprint density at radius 1 is 1.02 bits per heavy atom. The molecule has 40 heavy (non-hydrogen) atoms. The highest BCUT2D eigenvalue weighted by molar-refractivity contribution is 5.93. The lowest BCUT2D eigenvalue weighted by molar-refractivity contribution is -0.310. The number of carbonyl (C=O) groups excluding carboxylic acids is 2. The van der Waals surface area contributed by atoms with E-state index in [1.165, 1.54) is 33.0 Å². The number of aliphatic hydroxyl groups is 6. The van der Waals surface area contributed by atoms with Gasteiger partial charge in [0.1, 0.15) is 35.7 Å². The number of nitrogens with one attached hydrogen (secondary N) is 1. The van der Waals surface area contributed by atoms with E-state index in [0.29, 0.717) is 0 Å². The molecule has 16 nitrogen and oxygen atoms in total. The van der Waals surface area contributed by atoms with Crippen molar-refractivity contribution < 1.29 is 69.0 Å². The number of aliphatic hydroxyl groups excluding tert-OH is 6. The molecule has 4 unspecified atom stereocenters. The van der Waals surface area contributed by atoms with Gasteiger partial charge in [0, 0.05) is 25.5 Å². The number of hydrogen-bond acceptors (Lipinski definition) is 16. The summed E-state index contributed by atoms with van der Waals surface area (Å²) in [4.78, 5) is 25.4.